The van der Waals surface area contributed by atoms with Gasteiger partial charge in [-0.2, -0.15) is 0 Å². The molecule has 1 heterocycles. The Bertz CT molecular complexity index is 446. The number of ether oxygens (including phenoxy) is 1. The lowest BCUT2D eigenvalue weighted by atomic mass is 10.1. The van der Waals surface area contributed by atoms with E-state index in [-0.39, 0.29) is 0 Å². The lowest BCUT2D eigenvalue weighted by Crippen LogP contribution is -2.38. The molecule has 0 aliphatic carbocycles. The van der Waals surface area contributed by atoms with Gasteiger partial charge >= 0.3 is 0 Å². The maximum Gasteiger partial charge on any atom is 0.127 e. The molecule has 0 bridgehead atoms. The fraction of sp³-hybridized carbons (Fsp3) is 0.625. The smallest absolute Gasteiger partial charge is 0.127 e. The first-order chi connectivity index (χ1) is 9.63. The highest BCUT2D eigenvalue weighted by molar-refractivity contribution is 6.30. The van der Waals surface area contributed by atoms with E-state index in [9.17, 15) is 0 Å². The Morgan fingerprint density at radius 1 is 1.35 bits per heavy atom. The van der Waals surface area contributed by atoms with Crippen LogP contribution in [0.1, 0.15) is 31.9 Å². The molecule has 0 spiro atoms. The van der Waals surface area contributed by atoms with Crippen LogP contribution in [0.25, 0.3) is 0 Å². The minimum absolute atomic E-state index is 0.450. The quantitative estimate of drug-likeness (QED) is 0.837. The van der Waals surface area contributed by atoms with Gasteiger partial charge in [-0.1, -0.05) is 25.4 Å². The van der Waals surface area contributed by atoms with Crippen molar-refractivity contribution in [1.29, 1.82) is 0 Å². The highest BCUT2D eigenvalue weighted by Gasteiger charge is 2.18. The van der Waals surface area contributed by atoms with Crippen LogP contribution in [0.3, 0.4) is 0 Å². The molecule has 1 unspecified atom stereocenters. The van der Waals surface area contributed by atoms with Gasteiger partial charge in [0.05, 0.1) is 6.61 Å². The van der Waals surface area contributed by atoms with Crippen molar-refractivity contribution in [3.63, 3.8) is 0 Å². The Morgan fingerprint density at radius 3 is 2.80 bits per heavy atom. The lowest BCUT2D eigenvalue weighted by molar-refractivity contribution is 0.270. The van der Waals surface area contributed by atoms with E-state index in [1.807, 2.05) is 12.1 Å². The minimum Gasteiger partial charge on any atom is -0.493 e. The molecule has 1 aromatic rings. The number of halogens is 1. The number of nitrogens with zero attached hydrogens (tertiary/aromatic N) is 1. The fourth-order valence-corrected chi connectivity index (χ4v) is 2.96. The van der Waals surface area contributed by atoms with Crippen LogP contribution in [0.4, 0.5) is 0 Å². The first-order valence-electron chi connectivity index (χ1n) is 7.53. The Labute approximate surface area is 127 Å². The first kappa shape index (κ1) is 15.6. The summed E-state index contributed by atoms with van der Waals surface area (Å²) in [6.45, 7) is 11.5. The third-order valence-corrected chi connectivity index (χ3v) is 4.11. The zero-order valence-electron chi connectivity index (χ0n) is 12.7. The summed E-state index contributed by atoms with van der Waals surface area (Å²) in [7, 11) is 0. The second-order valence-corrected chi connectivity index (χ2v) is 5.86. The van der Waals surface area contributed by atoms with E-state index in [4.69, 9.17) is 16.3 Å². The molecule has 0 amide bonds. The average Bonchev–Trinajstić information content (AvgIpc) is 2.90. The van der Waals surface area contributed by atoms with Crippen LogP contribution >= 0.6 is 11.6 Å². The number of benzene rings is 1. The average molecular weight is 297 g/mol. The summed E-state index contributed by atoms with van der Waals surface area (Å²) in [5.41, 5.74) is 2.42. The van der Waals surface area contributed by atoms with E-state index in [0.29, 0.717) is 6.04 Å². The zero-order chi connectivity index (χ0) is 14.5. The zero-order valence-corrected chi connectivity index (χ0v) is 13.5. The highest BCUT2D eigenvalue weighted by Crippen LogP contribution is 2.32. The standard InChI is InChI=1S/C16H25ClN2O/c1-4-19(5-2)11-12(3)18-10-14-9-15(17)8-13-6-7-20-16(13)14/h8-9,12,18H,4-7,10-11H2,1-3H3. The molecular formula is C16H25ClN2O. The van der Waals surface area contributed by atoms with Crippen molar-refractivity contribution in [2.24, 2.45) is 0 Å². The van der Waals surface area contributed by atoms with Gasteiger partial charge in [-0.25, -0.2) is 0 Å². The second kappa shape index (κ2) is 7.30. The van der Waals surface area contributed by atoms with Crippen molar-refractivity contribution < 1.29 is 4.74 Å². The predicted octanol–water partition coefficient (Wildman–Crippen LogP) is 3.09. The van der Waals surface area contributed by atoms with Crippen LogP contribution in [-0.2, 0) is 13.0 Å². The monoisotopic (exact) mass is 296 g/mol. The summed E-state index contributed by atoms with van der Waals surface area (Å²) in [6, 6.07) is 4.49. The molecule has 0 saturated carbocycles. The van der Waals surface area contributed by atoms with E-state index in [0.717, 1.165) is 50.0 Å². The Kier molecular flexibility index (Phi) is 5.70. The van der Waals surface area contributed by atoms with Gasteiger partial charge in [0.25, 0.3) is 0 Å². The number of fused-ring (bicyclic) bond motifs is 1. The van der Waals surface area contributed by atoms with Crippen LogP contribution in [0.15, 0.2) is 12.1 Å². The molecule has 2 rings (SSSR count). The Balaban J connectivity index is 1.94. The van der Waals surface area contributed by atoms with E-state index < -0.39 is 0 Å². The molecule has 0 radical (unpaired) electrons. The Morgan fingerprint density at radius 2 is 2.10 bits per heavy atom. The summed E-state index contributed by atoms with van der Waals surface area (Å²) in [6.07, 6.45) is 0.970. The molecule has 3 nitrogen and oxygen atoms in total. The SMILES string of the molecule is CCN(CC)CC(C)NCc1cc(Cl)cc2c1OCC2. The van der Waals surface area contributed by atoms with Crippen LogP contribution in [-0.4, -0.2) is 37.2 Å². The van der Waals surface area contributed by atoms with Crippen molar-refractivity contribution in [3.05, 3.63) is 28.3 Å². The van der Waals surface area contributed by atoms with Gasteiger partial charge in [0.1, 0.15) is 5.75 Å². The van der Waals surface area contributed by atoms with Gasteiger partial charge in [0.15, 0.2) is 0 Å². The highest BCUT2D eigenvalue weighted by atomic mass is 35.5. The predicted molar refractivity (Wildman–Crippen MR) is 84.7 cm³/mol. The summed E-state index contributed by atoms with van der Waals surface area (Å²) in [4.78, 5) is 2.43. The van der Waals surface area contributed by atoms with Crippen molar-refractivity contribution >= 4 is 11.6 Å². The van der Waals surface area contributed by atoms with Gasteiger partial charge < -0.3 is 15.0 Å². The molecule has 4 heteroatoms. The first-order valence-corrected chi connectivity index (χ1v) is 7.91. The molecule has 0 aromatic heterocycles. The number of hydrogen-bond donors (Lipinski definition) is 1. The summed E-state index contributed by atoms with van der Waals surface area (Å²) in [5.74, 6) is 1.04. The van der Waals surface area contributed by atoms with E-state index in [1.165, 1.54) is 11.1 Å². The Hall–Kier alpha value is -0.770. The van der Waals surface area contributed by atoms with Gasteiger partial charge in [-0.05, 0) is 37.7 Å². The third kappa shape index (κ3) is 3.87. The van der Waals surface area contributed by atoms with Gasteiger partial charge in [0.2, 0.25) is 0 Å². The van der Waals surface area contributed by atoms with Crippen LogP contribution in [0, 0.1) is 0 Å². The summed E-state index contributed by atoms with van der Waals surface area (Å²) >= 11 is 6.18. The molecule has 20 heavy (non-hydrogen) atoms. The van der Waals surface area contributed by atoms with Gasteiger partial charge in [-0.3, -0.25) is 0 Å². The molecule has 1 aliphatic rings. The van der Waals surface area contributed by atoms with E-state index in [1.54, 1.807) is 0 Å². The van der Waals surface area contributed by atoms with Crippen molar-refractivity contribution in [3.8, 4) is 5.75 Å². The maximum absolute atomic E-state index is 6.18. The fourth-order valence-electron chi connectivity index (χ4n) is 2.70. The number of likely N-dealkylation sites (N-methyl/N-ethyl adjacent to an activating group) is 1. The summed E-state index contributed by atoms with van der Waals surface area (Å²) in [5, 5.41) is 4.38. The second-order valence-electron chi connectivity index (χ2n) is 5.42. The molecule has 1 N–H and O–H groups in total. The van der Waals surface area contributed by atoms with E-state index in [2.05, 4.69) is 31.0 Å². The number of hydrogen-bond acceptors (Lipinski definition) is 3. The van der Waals surface area contributed by atoms with Crippen molar-refractivity contribution in [2.45, 2.75) is 39.8 Å². The maximum atomic E-state index is 6.18. The molecule has 1 aliphatic heterocycles. The molecular weight excluding hydrogens is 272 g/mol. The minimum atomic E-state index is 0.450. The normalized spacial score (nSPS) is 15.2. The molecule has 1 aromatic carbocycles. The van der Waals surface area contributed by atoms with Crippen LogP contribution in [0.2, 0.25) is 5.02 Å². The van der Waals surface area contributed by atoms with Crippen molar-refractivity contribution in [2.75, 3.05) is 26.2 Å². The molecule has 1 atom stereocenters. The van der Waals surface area contributed by atoms with Crippen LogP contribution in [0.5, 0.6) is 5.75 Å². The van der Waals surface area contributed by atoms with Gasteiger partial charge in [-0.15, -0.1) is 0 Å². The largest absolute Gasteiger partial charge is 0.493 e. The topological polar surface area (TPSA) is 24.5 Å². The number of nitrogens with one attached hydrogen (secondary N) is 1. The van der Waals surface area contributed by atoms with Gasteiger partial charge in [0, 0.05) is 36.1 Å². The molecule has 0 saturated heterocycles. The van der Waals surface area contributed by atoms with Crippen LogP contribution < -0.4 is 10.1 Å². The molecule has 0 fully saturated rings. The third-order valence-electron chi connectivity index (χ3n) is 3.89. The molecule has 112 valence electrons. The number of rotatable bonds is 7. The van der Waals surface area contributed by atoms with Crippen molar-refractivity contribution in [1.82, 2.24) is 10.2 Å². The summed E-state index contributed by atoms with van der Waals surface area (Å²) < 4.78 is 5.73. The van der Waals surface area contributed by atoms with E-state index >= 15 is 0 Å². The lowest BCUT2D eigenvalue weighted by Gasteiger charge is -2.23.